The zero-order chi connectivity index (χ0) is 34.6. The Bertz CT molecular complexity index is 1400. The van der Waals surface area contributed by atoms with Crippen molar-refractivity contribution in [3.63, 3.8) is 0 Å². The summed E-state index contributed by atoms with van der Waals surface area (Å²) in [5.41, 5.74) is 4.02. The van der Waals surface area contributed by atoms with Gasteiger partial charge in [-0.2, -0.15) is 0 Å². The minimum atomic E-state index is -0.658. The van der Waals surface area contributed by atoms with Crippen molar-refractivity contribution in [2.24, 2.45) is 11.8 Å². The van der Waals surface area contributed by atoms with E-state index < -0.39 is 18.5 Å². The molecule has 0 aromatic heterocycles. The highest BCUT2D eigenvalue weighted by molar-refractivity contribution is 5.88. The van der Waals surface area contributed by atoms with E-state index in [9.17, 15) is 14.0 Å². The van der Waals surface area contributed by atoms with Gasteiger partial charge in [0.25, 0.3) is 0 Å². The van der Waals surface area contributed by atoms with E-state index in [4.69, 9.17) is 14.6 Å². The lowest BCUT2D eigenvalue weighted by Crippen LogP contribution is -2.26. The van der Waals surface area contributed by atoms with Crippen LogP contribution in [-0.4, -0.2) is 36.9 Å². The second-order valence-electron chi connectivity index (χ2n) is 14.2. The van der Waals surface area contributed by atoms with Crippen LogP contribution in [0, 0.1) is 23.5 Å². The molecule has 7 heteroatoms. The van der Waals surface area contributed by atoms with Crippen LogP contribution in [0.15, 0.2) is 60.7 Å². The molecule has 2 fully saturated rings. The molecule has 262 valence electrons. The molecule has 0 bridgehead atoms. The van der Waals surface area contributed by atoms with Crippen LogP contribution in [0.1, 0.15) is 131 Å². The summed E-state index contributed by atoms with van der Waals surface area (Å²) in [4.78, 5) is 24.0. The van der Waals surface area contributed by atoms with Crippen LogP contribution in [0.2, 0.25) is 0 Å². The zero-order valence-corrected chi connectivity index (χ0v) is 28.9. The summed E-state index contributed by atoms with van der Waals surface area (Å²) in [6.07, 6.45) is 12.2. The first-order chi connectivity index (χ1) is 23.1. The van der Waals surface area contributed by atoms with Gasteiger partial charge < -0.3 is 14.6 Å². The van der Waals surface area contributed by atoms with E-state index in [0.29, 0.717) is 17.4 Å². The van der Waals surface area contributed by atoms with Crippen molar-refractivity contribution in [1.29, 1.82) is 0 Å². The Morgan fingerprint density at radius 1 is 0.812 bits per heavy atom. The van der Waals surface area contributed by atoms with Crippen molar-refractivity contribution in [1.82, 2.24) is 0 Å². The van der Waals surface area contributed by atoms with Gasteiger partial charge in [-0.05, 0) is 136 Å². The molecule has 2 aromatic rings. The van der Waals surface area contributed by atoms with Crippen LogP contribution < -0.4 is 0 Å². The van der Waals surface area contributed by atoms with E-state index in [1.807, 2.05) is 12.1 Å². The molecule has 2 saturated carbocycles. The lowest BCUT2D eigenvalue weighted by Gasteiger charge is -2.32. The Morgan fingerprint density at radius 3 is 1.94 bits per heavy atom. The van der Waals surface area contributed by atoms with Gasteiger partial charge in [0, 0.05) is 11.5 Å². The van der Waals surface area contributed by atoms with E-state index in [0.717, 1.165) is 106 Å². The highest BCUT2D eigenvalue weighted by Gasteiger charge is 2.29. The fourth-order valence-electron chi connectivity index (χ4n) is 7.52. The summed E-state index contributed by atoms with van der Waals surface area (Å²) in [6.45, 7) is 10.6. The van der Waals surface area contributed by atoms with Crippen LogP contribution in [0.25, 0.3) is 0 Å². The summed E-state index contributed by atoms with van der Waals surface area (Å²) >= 11 is 0. The smallest absolute Gasteiger partial charge is 0.335 e. The van der Waals surface area contributed by atoms with Gasteiger partial charge in [-0.3, -0.25) is 0 Å². The molecule has 0 aliphatic heterocycles. The summed E-state index contributed by atoms with van der Waals surface area (Å²) in [5.74, 6) is -0.383. The standard InChI is InChI=1S/C41H54F2O5/c1-5-6-7-8-34-17-18-35(22-38(34)42)32-13-15-33(16-14-32)37-20-19-36(23-39(37)43)31-11-9-29(10-12-31)21-30(25-47-40(45)27(2)3)26-48-41(46)28(4)24-44/h17-20,22-23,29-33,44H,2,4-16,21,24-26H2,1,3H3. The number of aryl methyl sites for hydroxylation is 1. The highest BCUT2D eigenvalue weighted by Crippen LogP contribution is 2.43. The maximum absolute atomic E-state index is 15.6. The van der Waals surface area contributed by atoms with E-state index in [1.165, 1.54) is 0 Å². The number of carbonyl (C=O) groups is 2. The van der Waals surface area contributed by atoms with Crippen molar-refractivity contribution in [3.8, 4) is 0 Å². The number of benzene rings is 2. The first-order valence-electron chi connectivity index (χ1n) is 18.0. The summed E-state index contributed by atoms with van der Waals surface area (Å²) in [7, 11) is 0. The third-order valence-corrected chi connectivity index (χ3v) is 10.5. The second kappa shape index (κ2) is 18.4. The van der Waals surface area contributed by atoms with Gasteiger partial charge in [-0.15, -0.1) is 0 Å². The van der Waals surface area contributed by atoms with Crippen molar-refractivity contribution in [2.45, 2.75) is 115 Å². The van der Waals surface area contributed by atoms with Crippen molar-refractivity contribution in [2.75, 3.05) is 19.8 Å². The molecule has 48 heavy (non-hydrogen) atoms. The number of ether oxygens (including phenoxy) is 2. The third-order valence-electron chi connectivity index (χ3n) is 10.5. The molecular formula is C41H54F2O5. The summed E-state index contributed by atoms with van der Waals surface area (Å²) in [5, 5.41) is 9.16. The number of unbranched alkanes of at least 4 members (excludes halogenated alkanes) is 2. The normalized spacial score (nSPS) is 21.7. The number of aliphatic hydroxyl groups excluding tert-OH is 1. The van der Waals surface area contributed by atoms with Gasteiger partial charge in [0.05, 0.1) is 25.4 Å². The van der Waals surface area contributed by atoms with E-state index >= 15 is 4.39 Å². The van der Waals surface area contributed by atoms with E-state index in [1.54, 1.807) is 19.1 Å². The molecule has 0 amide bonds. The van der Waals surface area contributed by atoms with Gasteiger partial charge in [0.15, 0.2) is 0 Å². The van der Waals surface area contributed by atoms with Crippen LogP contribution in [0.4, 0.5) is 8.78 Å². The van der Waals surface area contributed by atoms with Gasteiger partial charge in [0.1, 0.15) is 11.6 Å². The zero-order valence-electron chi connectivity index (χ0n) is 28.9. The molecule has 0 heterocycles. The van der Waals surface area contributed by atoms with Gasteiger partial charge in [-0.1, -0.05) is 57.2 Å². The van der Waals surface area contributed by atoms with Gasteiger partial charge in [-0.25, -0.2) is 18.4 Å². The van der Waals surface area contributed by atoms with Crippen LogP contribution in [-0.2, 0) is 25.5 Å². The molecular weight excluding hydrogens is 610 g/mol. The minimum Gasteiger partial charge on any atom is -0.462 e. The molecule has 4 rings (SSSR count). The Balaban J connectivity index is 1.27. The van der Waals surface area contributed by atoms with E-state index in [-0.39, 0.29) is 48.2 Å². The van der Waals surface area contributed by atoms with Crippen LogP contribution >= 0.6 is 0 Å². The van der Waals surface area contributed by atoms with Crippen molar-refractivity contribution in [3.05, 3.63) is 94.6 Å². The number of hydrogen-bond donors (Lipinski definition) is 1. The minimum absolute atomic E-state index is 0.0190. The average Bonchev–Trinajstić information content (AvgIpc) is 3.09. The SMILES string of the molecule is C=C(C)C(=O)OCC(COC(=O)C(=C)CO)CC1CCC(c2ccc(C3CCC(c4ccc(CCCCC)c(F)c4)CC3)c(F)c2)CC1. The Labute approximate surface area is 285 Å². The molecule has 2 aliphatic carbocycles. The summed E-state index contributed by atoms with van der Waals surface area (Å²) < 4.78 is 41.1. The lowest BCUT2D eigenvalue weighted by atomic mass is 9.74. The monoisotopic (exact) mass is 664 g/mol. The predicted molar refractivity (Wildman–Crippen MR) is 186 cm³/mol. The third kappa shape index (κ3) is 10.6. The van der Waals surface area contributed by atoms with E-state index in [2.05, 4.69) is 32.2 Å². The maximum atomic E-state index is 15.6. The van der Waals surface area contributed by atoms with Crippen molar-refractivity contribution < 1.29 is 33.0 Å². The molecule has 1 N–H and O–H groups in total. The van der Waals surface area contributed by atoms with Crippen molar-refractivity contribution >= 4 is 11.9 Å². The molecule has 5 nitrogen and oxygen atoms in total. The molecule has 1 atom stereocenters. The second-order valence-corrected chi connectivity index (χ2v) is 14.2. The molecule has 0 saturated heterocycles. The molecule has 2 aliphatic rings. The van der Waals surface area contributed by atoms with Crippen LogP contribution in [0.5, 0.6) is 0 Å². The largest absolute Gasteiger partial charge is 0.462 e. The van der Waals surface area contributed by atoms with Crippen LogP contribution in [0.3, 0.4) is 0 Å². The number of aliphatic hydroxyl groups is 1. The lowest BCUT2D eigenvalue weighted by molar-refractivity contribution is -0.144. The Morgan fingerprint density at radius 2 is 1.38 bits per heavy atom. The number of hydrogen-bond acceptors (Lipinski definition) is 5. The average molecular weight is 665 g/mol. The molecule has 2 aromatic carbocycles. The highest BCUT2D eigenvalue weighted by atomic mass is 19.1. The maximum Gasteiger partial charge on any atom is 0.335 e. The van der Waals surface area contributed by atoms with Gasteiger partial charge >= 0.3 is 11.9 Å². The van der Waals surface area contributed by atoms with Gasteiger partial charge in [0.2, 0.25) is 0 Å². The first-order valence-corrected chi connectivity index (χ1v) is 18.0. The first kappa shape index (κ1) is 37.5. The number of halogens is 2. The fraction of sp³-hybridized carbons (Fsp3) is 0.561. The number of rotatable bonds is 16. The summed E-state index contributed by atoms with van der Waals surface area (Å²) in [6, 6.07) is 11.6. The molecule has 1 unspecified atom stereocenters. The molecule has 0 spiro atoms. The topological polar surface area (TPSA) is 72.8 Å². The molecule has 0 radical (unpaired) electrons. The Kier molecular flexibility index (Phi) is 14.4. The predicted octanol–water partition coefficient (Wildman–Crippen LogP) is 9.63. The number of esters is 2. The Hall–Kier alpha value is -3.32. The fourth-order valence-corrected chi connectivity index (χ4v) is 7.52. The quantitative estimate of drug-likeness (QED) is 0.110. The number of carbonyl (C=O) groups excluding carboxylic acids is 2.